The quantitative estimate of drug-likeness (QED) is 0.0447. The van der Waals surface area contributed by atoms with Crippen LogP contribution in [0.25, 0.3) is 0 Å². The number of nitrogens with zero attached hydrogens (tertiary/aromatic N) is 5. The molecule has 3 saturated heterocycles. The number of rotatable bonds is 18. The third-order valence-electron chi connectivity index (χ3n) is 15.7. The van der Waals surface area contributed by atoms with Crippen molar-refractivity contribution in [3.05, 3.63) is 41.7 Å². The first-order valence-electron chi connectivity index (χ1n) is 25.8. The highest BCUT2D eigenvalue weighted by atomic mass is 127. The molecule has 1 aromatic heterocycles. The number of hydrogen-bond donors (Lipinski definition) is 5. The number of carbonyl (C=O) groups is 1. The van der Waals surface area contributed by atoms with Crippen molar-refractivity contribution >= 4 is 40.3 Å². The van der Waals surface area contributed by atoms with Gasteiger partial charge in [0.05, 0.1) is 53.8 Å². The molecule has 0 unspecified atom stereocenters. The summed E-state index contributed by atoms with van der Waals surface area (Å²) in [5.74, 6) is -2.09. The first-order valence-corrected chi connectivity index (χ1v) is 28.1. The summed E-state index contributed by atoms with van der Waals surface area (Å²) in [5.41, 5.74) is -3.19. The summed E-state index contributed by atoms with van der Waals surface area (Å²) in [6.07, 6.45) is -7.02. The first kappa shape index (κ1) is 63.1. The van der Waals surface area contributed by atoms with Crippen LogP contribution in [0.5, 0.6) is 0 Å². The van der Waals surface area contributed by atoms with Crippen LogP contribution in [0.3, 0.4) is 0 Å². The van der Waals surface area contributed by atoms with E-state index in [4.69, 9.17) is 37.9 Å². The van der Waals surface area contributed by atoms with E-state index in [0.29, 0.717) is 38.2 Å². The molecule has 0 amide bonds. The minimum atomic E-state index is -1.87. The molecule has 5 N–H and O–H groups in total. The van der Waals surface area contributed by atoms with Crippen LogP contribution in [0.4, 0.5) is 4.39 Å². The van der Waals surface area contributed by atoms with E-state index in [-0.39, 0.29) is 18.8 Å². The Morgan fingerprint density at radius 1 is 0.986 bits per heavy atom. The van der Waals surface area contributed by atoms with Gasteiger partial charge in [0.2, 0.25) is 0 Å². The molecule has 0 radical (unpaired) electrons. The van der Waals surface area contributed by atoms with Crippen molar-refractivity contribution in [2.45, 2.75) is 193 Å². The molecule has 22 heteroatoms. The lowest BCUT2D eigenvalue weighted by Gasteiger charge is -2.49. The Morgan fingerprint density at radius 3 is 2.28 bits per heavy atom. The largest absolute Gasteiger partial charge is 0.448 e. The molecule has 3 aliphatic rings. The number of esters is 1. The Balaban J connectivity index is 1.41. The van der Waals surface area contributed by atoms with Gasteiger partial charge in [0.25, 0.3) is 0 Å². The zero-order valence-corrected chi connectivity index (χ0v) is 48.9. The van der Waals surface area contributed by atoms with Crippen LogP contribution in [0, 0.1) is 17.8 Å². The van der Waals surface area contributed by atoms with Crippen molar-refractivity contribution in [2.24, 2.45) is 17.8 Å². The van der Waals surface area contributed by atoms with Crippen LogP contribution in [-0.4, -0.2) is 212 Å². The lowest BCUT2D eigenvalue weighted by atomic mass is 9.77. The summed E-state index contributed by atoms with van der Waals surface area (Å²) in [6.45, 7) is 16.3. The average molecular weight is 1180 g/mol. The molecule has 0 aliphatic carbocycles. The van der Waals surface area contributed by atoms with Gasteiger partial charge in [-0.1, -0.05) is 31.2 Å². The van der Waals surface area contributed by atoms with Crippen molar-refractivity contribution in [3.63, 3.8) is 0 Å². The van der Waals surface area contributed by atoms with Crippen LogP contribution in [0.1, 0.15) is 105 Å². The highest BCUT2D eigenvalue weighted by Gasteiger charge is 2.53. The number of carbonyl (C=O) groups excluding carboxylic acids is 1. The SMILES string of the molecule is COCCSc1ccc([C@@H](OC)[C@@H](CF)n2cc(CCN(C)[C@H]3C[C@@H](C)O[C@@H](O[C@@H]4[C@@H](C)[C@H](O[C@H]5C[C@@](C)(OC)[C@@H](O)[C@H](C)O5)[C@@H](C)C(=O)O[C@H](I)[C@@](C)(O)[C@H](O)[C@@H](C)N(C)C[C@H](C)C[C@@]4(C)O)[C@@H]3O)nn2)cc1. The number of thioether (sulfide) groups is 1. The minimum Gasteiger partial charge on any atom is -0.448 e. The number of hydrogen-bond acceptors (Lipinski definition) is 19. The molecule has 4 heterocycles. The maximum Gasteiger partial charge on any atom is 0.312 e. The zero-order valence-electron chi connectivity index (χ0n) is 45.9. The second kappa shape index (κ2) is 27.4. The predicted octanol–water partition coefficient (Wildman–Crippen LogP) is 4.72. The highest BCUT2D eigenvalue weighted by molar-refractivity contribution is 14.1. The Bertz CT molecular complexity index is 2030. The summed E-state index contributed by atoms with van der Waals surface area (Å²) in [4.78, 5) is 19.3. The molecule has 0 bridgehead atoms. The highest BCUT2D eigenvalue weighted by Crippen LogP contribution is 2.41. The molecule has 20 atom stereocenters. The fraction of sp³-hybridized carbons (Fsp3) is 0.827. The monoisotopic (exact) mass is 1180 g/mol. The van der Waals surface area contributed by atoms with Gasteiger partial charge >= 0.3 is 5.97 Å². The van der Waals surface area contributed by atoms with Gasteiger partial charge < -0.3 is 73.2 Å². The van der Waals surface area contributed by atoms with E-state index in [1.807, 2.05) is 84.6 Å². The van der Waals surface area contributed by atoms with Crippen LogP contribution in [0.15, 0.2) is 35.4 Å². The molecular formula is C52H87FIN5O14S. The van der Waals surface area contributed by atoms with E-state index >= 15 is 0 Å². The number of benzene rings is 1. The average Bonchev–Trinajstić information content (AvgIpc) is 3.83. The fourth-order valence-corrected chi connectivity index (χ4v) is 12.4. The van der Waals surface area contributed by atoms with Gasteiger partial charge in [-0.05, 0) is 122 Å². The summed E-state index contributed by atoms with van der Waals surface area (Å²) in [5, 5.41) is 68.1. The molecule has 5 rings (SSSR count). The fourth-order valence-electron chi connectivity index (χ4n) is 10.9. The van der Waals surface area contributed by atoms with Crippen molar-refractivity contribution in [1.82, 2.24) is 24.8 Å². The van der Waals surface area contributed by atoms with E-state index in [9.17, 15) is 34.7 Å². The van der Waals surface area contributed by atoms with E-state index < -0.39 is 125 Å². The summed E-state index contributed by atoms with van der Waals surface area (Å²) in [6, 6.07) is 5.98. The summed E-state index contributed by atoms with van der Waals surface area (Å²) in [7, 11) is 8.41. The van der Waals surface area contributed by atoms with Gasteiger partial charge in [0.15, 0.2) is 16.7 Å². The molecule has 74 heavy (non-hydrogen) atoms. The van der Waals surface area contributed by atoms with Crippen LogP contribution in [0.2, 0.25) is 0 Å². The van der Waals surface area contributed by atoms with Gasteiger partial charge in [-0.2, -0.15) is 0 Å². The van der Waals surface area contributed by atoms with Crippen LogP contribution >= 0.6 is 34.4 Å². The lowest BCUT2D eigenvalue weighted by Crippen LogP contribution is -2.60. The van der Waals surface area contributed by atoms with Gasteiger partial charge in [-0.25, -0.2) is 9.07 Å². The molecule has 0 spiro atoms. The molecule has 3 fully saturated rings. The van der Waals surface area contributed by atoms with Crippen LogP contribution < -0.4 is 0 Å². The maximum atomic E-state index is 14.8. The second-order valence-corrected chi connectivity index (χ2v) is 24.1. The molecule has 1 aromatic carbocycles. The van der Waals surface area contributed by atoms with Crippen molar-refractivity contribution < 1.29 is 72.6 Å². The standard InChI is InChI=1S/C52H87FIN5O14S/c1-29-24-50(7,64)46(31(3)42(71-40-25-51(8,68-14)45(62)34(6)70-40)32(4)47(63)73-49(54)52(9,65)44(61)33(5)58(11)27-29)72-48-41(60)38(23-30(2)69-48)57(10)20-19-36-28-59(56-55-36)39(26-53)43(67-13)35-15-17-37(18-16-35)74-22-21-66-12/h15-18,28-34,38-46,48-49,60-62,64-65H,19-27H2,1-14H3/t29-,30-,31+,32-,33-,34+,38+,39-,40+,41-,42+,43-,44-,45+,46-,48+,49+,50-,51-,52+/m1/s1. The number of methoxy groups -OCH3 is 3. The Morgan fingerprint density at radius 2 is 1.66 bits per heavy atom. The summed E-state index contributed by atoms with van der Waals surface area (Å²) >= 11 is 3.49. The normalized spacial score (nSPS) is 39.3. The molecule has 3 aliphatic heterocycles. The second-order valence-electron chi connectivity index (χ2n) is 21.8. The van der Waals surface area contributed by atoms with E-state index in [0.717, 1.165) is 16.2 Å². The number of aliphatic hydroxyl groups is 5. The predicted molar refractivity (Wildman–Crippen MR) is 284 cm³/mol. The number of alkyl halides is 2. The molecule has 424 valence electrons. The number of aliphatic hydroxyl groups excluding tert-OH is 3. The van der Waals surface area contributed by atoms with Crippen LogP contribution in [-0.2, 0) is 49.1 Å². The molecule has 0 saturated carbocycles. The van der Waals surface area contributed by atoms with Crippen molar-refractivity contribution in [2.75, 3.05) is 67.5 Å². The van der Waals surface area contributed by atoms with Gasteiger partial charge in [0, 0.05) is 82.1 Å². The Kier molecular flexibility index (Phi) is 23.4. The lowest BCUT2D eigenvalue weighted by molar-refractivity contribution is -0.318. The van der Waals surface area contributed by atoms with E-state index in [2.05, 4.69) is 10.3 Å². The van der Waals surface area contributed by atoms with E-state index in [1.165, 1.54) is 18.7 Å². The smallest absolute Gasteiger partial charge is 0.312 e. The summed E-state index contributed by atoms with van der Waals surface area (Å²) < 4.78 is 64.2. The Labute approximate surface area is 455 Å². The number of aromatic nitrogens is 3. The minimum absolute atomic E-state index is 0.0828. The third-order valence-corrected chi connectivity index (χ3v) is 18.1. The van der Waals surface area contributed by atoms with E-state index in [1.54, 1.807) is 73.7 Å². The van der Waals surface area contributed by atoms with Gasteiger partial charge in [-0.3, -0.25) is 4.79 Å². The molecule has 19 nitrogen and oxygen atoms in total. The van der Waals surface area contributed by atoms with Gasteiger partial charge in [-0.15, -0.1) is 16.9 Å². The number of halogens is 2. The number of cyclic esters (lactones) is 1. The third kappa shape index (κ3) is 15.3. The number of ether oxygens (including phenoxy) is 8. The number of likely N-dealkylation sites (N-methyl/N-ethyl adjacent to an activating group) is 2. The van der Waals surface area contributed by atoms with Crippen molar-refractivity contribution in [3.8, 4) is 0 Å². The first-order chi connectivity index (χ1) is 34.7. The Hall–Kier alpha value is -1.72. The molecule has 2 aromatic rings. The molecular weight excluding hydrogens is 1100 g/mol. The zero-order chi connectivity index (χ0) is 55.0. The maximum absolute atomic E-state index is 14.8. The van der Waals surface area contributed by atoms with Crippen molar-refractivity contribution in [1.29, 1.82) is 0 Å². The topological polar surface area (TPSA) is 229 Å². The van der Waals surface area contributed by atoms with Gasteiger partial charge in [0.1, 0.15) is 42.7 Å².